The van der Waals surface area contributed by atoms with Crippen molar-refractivity contribution in [3.8, 4) is 0 Å². The Morgan fingerprint density at radius 2 is 1.67 bits per heavy atom. The van der Waals surface area contributed by atoms with Gasteiger partial charge in [0.25, 0.3) is 0 Å². The van der Waals surface area contributed by atoms with E-state index in [1.807, 2.05) is 0 Å². The number of aliphatic carboxylic acids is 1. The van der Waals surface area contributed by atoms with E-state index in [4.69, 9.17) is 9.90 Å². The van der Waals surface area contributed by atoms with Gasteiger partial charge >= 0.3 is 87.2 Å². The van der Waals surface area contributed by atoms with Crippen molar-refractivity contribution in [1.82, 2.24) is 0 Å². The third-order valence-electron chi connectivity index (χ3n) is 0.843. The van der Waals surface area contributed by atoms with E-state index in [0.717, 1.165) is 33.0 Å². The van der Waals surface area contributed by atoms with E-state index in [-0.39, 0.29) is 27.7 Å². The molecule has 1 radical (unpaired) electrons. The molecular weight excluding hydrogens is 529 g/mol. The van der Waals surface area contributed by atoms with E-state index in [9.17, 15) is 0 Å². The molecule has 0 unspecified atom stereocenters. The molecule has 1 rings (SSSR count). The Hall–Kier alpha value is 0.560. The third kappa shape index (κ3) is 13.2. The maximum atomic E-state index is 8.89. The van der Waals surface area contributed by atoms with Gasteiger partial charge in [-0.15, -0.1) is 0 Å². The minimum absolute atomic E-state index is 0. The Labute approximate surface area is 109 Å². The summed E-state index contributed by atoms with van der Waals surface area (Å²) in [6.07, 6.45) is 0. The van der Waals surface area contributed by atoms with Gasteiger partial charge in [0.05, 0.1) is 0 Å². The molecule has 0 fully saturated rings. The van der Waals surface area contributed by atoms with Gasteiger partial charge in [0.15, 0.2) is 0 Å². The summed E-state index contributed by atoms with van der Waals surface area (Å²) in [5.74, 6) is -1.08. The van der Waals surface area contributed by atoms with Gasteiger partial charge in [-0.05, 0) is 6.92 Å². The second-order valence-corrected chi connectivity index (χ2v) is 5.15. The molecule has 0 N–H and O–H groups in total. The molecule has 2 nitrogen and oxygen atoms in total. The van der Waals surface area contributed by atoms with Crippen LogP contribution in [0.3, 0.4) is 0 Å². The van der Waals surface area contributed by atoms with Crippen LogP contribution in [-0.4, -0.2) is 5.97 Å². The van der Waals surface area contributed by atoms with Crippen LogP contribution in [0.25, 0.3) is 0 Å². The Balaban J connectivity index is 0. The average molecular weight is 537 g/mol. The Morgan fingerprint density at radius 1 is 1.33 bits per heavy atom. The zero-order chi connectivity index (χ0) is 8.69. The Morgan fingerprint density at radius 3 is 1.83 bits per heavy atom. The van der Waals surface area contributed by atoms with Crippen LogP contribution < -0.4 is 8.18 Å². The molecule has 4 heteroatoms. The normalized spacial score (nSPS) is 7.25. The summed E-state index contributed by atoms with van der Waals surface area (Å²) in [6, 6.07) is 10.6. The zero-order valence-electron chi connectivity index (χ0n) is 7.12. The molecule has 1 aromatic rings. The molecule has 0 heterocycles. The van der Waals surface area contributed by atoms with Crippen LogP contribution in [0, 0.1) is 0 Å². The number of hydrogen-bond acceptors (Lipinski definition) is 2. The second kappa shape index (κ2) is 9.65. The maximum absolute atomic E-state index is 8.89. The summed E-state index contributed by atoms with van der Waals surface area (Å²) in [7, 11) is 0. The van der Waals surface area contributed by atoms with Crippen molar-refractivity contribution in [2.45, 2.75) is 6.92 Å². The van der Waals surface area contributed by atoms with Gasteiger partial charge in [0, 0.05) is 5.97 Å². The van der Waals surface area contributed by atoms with Crippen molar-refractivity contribution in [3.63, 3.8) is 0 Å². The molecule has 0 atom stereocenters. The van der Waals surface area contributed by atoms with Crippen LogP contribution in [0.15, 0.2) is 30.3 Å². The second-order valence-electron chi connectivity index (χ2n) is 1.98. The number of carboxylic acids is 1. The van der Waals surface area contributed by atoms with Crippen molar-refractivity contribution >= 4 is 9.04 Å². The van der Waals surface area contributed by atoms with Gasteiger partial charge < -0.3 is 9.90 Å². The van der Waals surface area contributed by atoms with E-state index in [1.165, 1.54) is 3.07 Å². The van der Waals surface area contributed by atoms with Crippen LogP contribution in [0.2, 0.25) is 0 Å². The molecule has 0 aromatic heterocycles. The average Bonchev–Trinajstić information content (AvgIpc) is 1.87. The summed E-state index contributed by atoms with van der Waals surface area (Å²) in [6.45, 7) is 0.972. The van der Waals surface area contributed by atoms with Gasteiger partial charge in [-0.2, -0.15) is 0 Å². The fraction of sp³-hybridized carbons (Fsp3) is 0.125. The molecule has 0 aliphatic carbocycles. The summed E-state index contributed by atoms with van der Waals surface area (Å²) in [5.41, 5.74) is 0. The van der Waals surface area contributed by atoms with Gasteiger partial charge in [-0.25, -0.2) is 0 Å². The first-order valence-corrected chi connectivity index (χ1v) is 5.92. The molecule has 0 amide bonds. The monoisotopic (exact) mass is 540 g/mol. The van der Waals surface area contributed by atoms with E-state index in [1.54, 1.807) is 0 Å². The predicted octanol–water partition coefficient (Wildman–Crippen LogP) is -0.388. The number of benzene rings is 1. The predicted molar refractivity (Wildman–Crippen MR) is 36.8 cm³/mol. The van der Waals surface area contributed by atoms with E-state index < -0.39 is 5.97 Å². The molecule has 56 valence electrons. The van der Waals surface area contributed by atoms with Crippen molar-refractivity contribution in [1.29, 1.82) is 0 Å². The van der Waals surface area contributed by atoms with Gasteiger partial charge in [-0.1, -0.05) is 0 Å². The molecule has 0 spiro atoms. The number of rotatable bonds is 0. The first-order chi connectivity index (χ1) is 5.13. The van der Waals surface area contributed by atoms with Crippen LogP contribution >= 0.6 is 0 Å². The molecule has 1 aromatic carbocycles. The molecular formula is C8H8Hg2O2. The number of carbonyl (C=O) groups is 1. The first-order valence-electron chi connectivity index (χ1n) is 3.17. The van der Waals surface area contributed by atoms with Crippen molar-refractivity contribution < 1.29 is 63.7 Å². The standard InChI is InChI=1S/C6H5.C2H4O2.2Hg/c1-2-4-6-5-3-1;1-2(3)4;;/h1-5H;1H3,(H,3,4);;/q;;;+1/p-1. The molecule has 0 saturated carbocycles. The fourth-order valence-electron chi connectivity index (χ4n) is 0.478. The summed E-state index contributed by atoms with van der Waals surface area (Å²) >= 11 is 0.810. The van der Waals surface area contributed by atoms with Crippen LogP contribution in [-0.2, 0) is 58.6 Å². The quantitative estimate of drug-likeness (QED) is 0.424. The Bertz CT molecular complexity index is 208. The number of carboxylic acid groups (broad SMARTS) is 1. The SMILES string of the molecule is CC(=O)[O-].[Hg+].[Hg][c]1ccccc1. The first kappa shape index (κ1) is 15.1. The van der Waals surface area contributed by atoms with Crippen LogP contribution in [0.4, 0.5) is 0 Å². The molecule has 12 heavy (non-hydrogen) atoms. The van der Waals surface area contributed by atoms with Crippen molar-refractivity contribution in [2.24, 2.45) is 0 Å². The zero-order valence-corrected chi connectivity index (χ0v) is 18.1. The van der Waals surface area contributed by atoms with E-state index in [0.29, 0.717) is 0 Å². The number of carbonyl (C=O) groups excluding carboxylic acids is 1. The van der Waals surface area contributed by atoms with Gasteiger partial charge in [0.1, 0.15) is 0 Å². The Kier molecular flexibility index (Phi) is 12.1. The van der Waals surface area contributed by atoms with Crippen molar-refractivity contribution in [2.75, 3.05) is 0 Å². The van der Waals surface area contributed by atoms with E-state index >= 15 is 0 Å². The minimum atomic E-state index is -1.08. The van der Waals surface area contributed by atoms with E-state index in [2.05, 4.69) is 30.3 Å². The fourth-order valence-corrected chi connectivity index (χ4v) is 1.54. The van der Waals surface area contributed by atoms with Gasteiger partial charge in [0.2, 0.25) is 0 Å². The molecule has 0 saturated heterocycles. The summed E-state index contributed by atoms with van der Waals surface area (Å²) in [5, 5.41) is 8.89. The topological polar surface area (TPSA) is 40.1 Å². The molecule has 0 aliphatic rings. The van der Waals surface area contributed by atoms with Crippen molar-refractivity contribution in [3.05, 3.63) is 30.3 Å². The summed E-state index contributed by atoms with van der Waals surface area (Å²) < 4.78 is 1.52. The number of hydrogen-bond donors (Lipinski definition) is 0. The van der Waals surface area contributed by atoms with Crippen LogP contribution in [0.5, 0.6) is 0 Å². The third-order valence-corrected chi connectivity index (χ3v) is 2.68. The summed E-state index contributed by atoms with van der Waals surface area (Å²) in [4.78, 5) is 8.89. The molecule has 0 bridgehead atoms. The molecule has 0 aliphatic heterocycles. The van der Waals surface area contributed by atoms with Gasteiger partial charge in [-0.3, -0.25) is 0 Å². The van der Waals surface area contributed by atoms with Crippen LogP contribution in [0.1, 0.15) is 6.92 Å².